The van der Waals surface area contributed by atoms with Gasteiger partial charge in [-0.15, -0.1) is 0 Å². The number of hydrogen-bond acceptors (Lipinski definition) is 4. The molecular formula is C22H17NO4. The number of benzene rings is 3. The van der Waals surface area contributed by atoms with E-state index in [4.69, 9.17) is 9.15 Å². The van der Waals surface area contributed by atoms with Crippen molar-refractivity contribution < 1.29 is 13.9 Å². The zero-order valence-electron chi connectivity index (χ0n) is 14.7. The number of fused-ring (bicyclic) bond motifs is 2. The summed E-state index contributed by atoms with van der Waals surface area (Å²) in [5.74, 6) is 0.343. The van der Waals surface area contributed by atoms with Crippen LogP contribution in [-0.2, 0) is 6.54 Å². The topological polar surface area (TPSA) is 68.5 Å². The Bertz CT molecular complexity index is 1210. The molecule has 0 saturated heterocycles. The molecule has 0 aliphatic heterocycles. The molecule has 1 heterocycles. The van der Waals surface area contributed by atoms with Crippen molar-refractivity contribution >= 4 is 27.6 Å². The number of rotatable bonds is 4. The molecule has 0 radical (unpaired) electrons. The lowest BCUT2D eigenvalue weighted by Crippen LogP contribution is -2.27. The quantitative estimate of drug-likeness (QED) is 0.562. The normalized spacial score (nSPS) is 10.9. The second kappa shape index (κ2) is 6.96. The molecule has 5 nitrogen and oxygen atoms in total. The molecule has 0 atom stereocenters. The predicted molar refractivity (Wildman–Crippen MR) is 104 cm³/mol. The zero-order chi connectivity index (χ0) is 18.8. The molecule has 0 unspecified atom stereocenters. The zero-order valence-corrected chi connectivity index (χ0v) is 14.7. The van der Waals surface area contributed by atoms with Crippen LogP contribution in [0.2, 0.25) is 0 Å². The van der Waals surface area contributed by atoms with E-state index in [-0.39, 0.29) is 5.56 Å². The van der Waals surface area contributed by atoms with Gasteiger partial charge in [-0.1, -0.05) is 36.4 Å². The van der Waals surface area contributed by atoms with Crippen LogP contribution in [0.25, 0.3) is 21.7 Å². The average Bonchev–Trinajstić information content (AvgIpc) is 2.70. The Balaban J connectivity index is 1.54. The van der Waals surface area contributed by atoms with Crippen molar-refractivity contribution in [1.29, 1.82) is 0 Å². The highest BCUT2D eigenvalue weighted by Crippen LogP contribution is 2.22. The largest absolute Gasteiger partial charge is 0.497 e. The van der Waals surface area contributed by atoms with Gasteiger partial charge in [0.1, 0.15) is 16.9 Å². The molecule has 1 N–H and O–H groups in total. The maximum atomic E-state index is 12.4. The van der Waals surface area contributed by atoms with Gasteiger partial charge >= 0.3 is 5.63 Å². The molecule has 0 bridgehead atoms. The molecule has 0 spiro atoms. The summed E-state index contributed by atoms with van der Waals surface area (Å²) >= 11 is 0. The summed E-state index contributed by atoms with van der Waals surface area (Å²) in [7, 11) is 1.63. The lowest BCUT2D eigenvalue weighted by molar-refractivity contribution is 0.0947. The van der Waals surface area contributed by atoms with Gasteiger partial charge in [-0.05, 0) is 46.7 Å². The summed E-state index contributed by atoms with van der Waals surface area (Å²) in [6, 6.07) is 20.4. The summed E-state index contributed by atoms with van der Waals surface area (Å²) < 4.78 is 10.4. The first-order valence-electron chi connectivity index (χ1n) is 8.52. The van der Waals surface area contributed by atoms with Crippen molar-refractivity contribution in [2.75, 3.05) is 7.11 Å². The molecule has 1 amide bonds. The van der Waals surface area contributed by atoms with Crippen molar-refractivity contribution in [1.82, 2.24) is 5.32 Å². The summed E-state index contributed by atoms with van der Waals surface area (Å²) in [5, 5.41) is 5.60. The Kier molecular flexibility index (Phi) is 4.34. The van der Waals surface area contributed by atoms with E-state index in [1.165, 1.54) is 0 Å². The summed E-state index contributed by atoms with van der Waals surface area (Å²) in [4.78, 5) is 24.5. The molecule has 4 rings (SSSR count). The van der Waals surface area contributed by atoms with Crippen LogP contribution in [0.5, 0.6) is 5.75 Å². The van der Waals surface area contributed by atoms with Gasteiger partial charge in [0, 0.05) is 11.9 Å². The van der Waals surface area contributed by atoms with Crippen molar-refractivity contribution in [2.24, 2.45) is 0 Å². The van der Waals surface area contributed by atoms with Gasteiger partial charge < -0.3 is 14.5 Å². The monoisotopic (exact) mass is 359 g/mol. The molecule has 0 saturated carbocycles. The standard InChI is InChI=1S/C22H17NO4/c1-26-18-9-8-15-10-14(6-7-16(15)11-18)13-23-21(24)19-12-17-4-2-3-5-20(17)27-22(19)25/h2-12H,13H2,1H3,(H,23,24). The van der Waals surface area contributed by atoms with Gasteiger partial charge in [0.05, 0.1) is 7.11 Å². The molecule has 27 heavy (non-hydrogen) atoms. The van der Waals surface area contributed by atoms with Crippen LogP contribution < -0.4 is 15.7 Å². The third-order valence-corrected chi connectivity index (χ3v) is 4.45. The van der Waals surface area contributed by atoms with Crippen LogP contribution >= 0.6 is 0 Å². The molecule has 0 fully saturated rings. The fourth-order valence-electron chi connectivity index (χ4n) is 3.01. The highest BCUT2D eigenvalue weighted by Gasteiger charge is 2.13. The van der Waals surface area contributed by atoms with Crippen molar-refractivity contribution in [3.8, 4) is 5.75 Å². The first-order valence-corrected chi connectivity index (χ1v) is 8.52. The fourth-order valence-corrected chi connectivity index (χ4v) is 3.01. The van der Waals surface area contributed by atoms with Crippen molar-refractivity contribution in [3.05, 3.63) is 88.3 Å². The molecule has 4 aromatic rings. The van der Waals surface area contributed by atoms with Crippen LogP contribution in [0.3, 0.4) is 0 Å². The molecule has 3 aromatic carbocycles. The Morgan fingerprint density at radius 3 is 2.59 bits per heavy atom. The Morgan fingerprint density at radius 1 is 0.963 bits per heavy atom. The van der Waals surface area contributed by atoms with Crippen LogP contribution in [0.1, 0.15) is 15.9 Å². The number of hydrogen-bond donors (Lipinski definition) is 1. The fraction of sp³-hybridized carbons (Fsp3) is 0.0909. The Hall–Kier alpha value is -3.60. The van der Waals surface area contributed by atoms with Gasteiger partial charge in [0.15, 0.2) is 0 Å². The highest BCUT2D eigenvalue weighted by molar-refractivity contribution is 5.96. The number of carbonyl (C=O) groups is 1. The number of para-hydroxylation sites is 1. The van der Waals surface area contributed by atoms with Crippen molar-refractivity contribution in [3.63, 3.8) is 0 Å². The van der Waals surface area contributed by atoms with E-state index in [1.54, 1.807) is 31.4 Å². The molecule has 134 valence electrons. The number of nitrogens with one attached hydrogen (secondary N) is 1. The van der Waals surface area contributed by atoms with Crippen LogP contribution in [0.4, 0.5) is 0 Å². The Morgan fingerprint density at radius 2 is 1.74 bits per heavy atom. The molecule has 0 aliphatic rings. The number of carbonyl (C=O) groups excluding carboxylic acids is 1. The maximum Gasteiger partial charge on any atom is 0.349 e. The van der Waals surface area contributed by atoms with Crippen LogP contribution in [0, 0.1) is 0 Å². The van der Waals surface area contributed by atoms with Crippen LogP contribution in [-0.4, -0.2) is 13.0 Å². The first-order chi connectivity index (χ1) is 13.1. The van der Waals surface area contributed by atoms with E-state index in [2.05, 4.69) is 5.32 Å². The summed E-state index contributed by atoms with van der Waals surface area (Å²) in [5.41, 5.74) is 0.756. The molecular weight excluding hydrogens is 342 g/mol. The molecule has 5 heteroatoms. The van der Waals surface area contributed by atoms with Gasteiger partial charge in [-0.3, -0.25) is 4.79 Å². The molecule has 0 aliphatic carbocycles. The van der Waals surface area contributed by atoms with Crippen LogP contribution in [0.15, 0.2) is 75.9 Å². The van der Waals surface area contributed by atoms with Gasteiger partial charge in [0.2, 0.25) is 0 Å². The predicted octanol–water partition coefficient (Wildman–Crippen LogP) is 3.88. The van der Waals surface area contributed by atoms with Crippen molar-refractivity contribution in [2.45, 2.75) is 6.54 Å². The molecule has 1 aromatic heterocycles. The number of methoxy groups -OCH3 is 1. The first kappa shape index (κ1) is 16.8. The van der Waals surface area contributed by atoms with E-state index in [0.717, 1.165) is 22.1 Å². The van der Waals surface area contributed by atoms with E-state index < -0.39 is 11.5 Å². The lowest BCUT2D eigenvalue weighted by atomic mass is 10.1. The van der Waals surface area contributed by atoms with E-state index in [0.29, 0.717) is 17.5 Å². The Labute approximate surface area is 155 Å². The van der Waals surface area contributed by atoms with E-state index in [1.807, 2.05) is 42.5 Å². The lowest BCUT2D eigenvalue weighted by Gasteiger charge is -2.08. The van der Waals surface area contributed by atoms with E-state index in [9.17, 15) is 9.59 Å². The highest BCUT2D eigenvalue weighted by atomic mass is 16.5. The second-order valence-corrected chi connectivity index (χ2v) is 6.22. The van der Waals surface area contributed by atoms with Gasteiger partial charge in [-0.2, -0.15) is 0 Å². The third-order valence-electron chi connectivity index (χ3n) is 4.45. The number of amides is 1. The summed E-state index contributed by atoms with van der Waals surface area (Å²) in [6.07, 6.45) is 0. The maximum absolute atomic E-state index is 12.4. The van der Waals surface area contributed by atoms with Gasteiger partial charge in [-0.25, -0.2) is 4.79 Å². The smallest absolute Gasteiger partial charge is 0.349 e. The minimum absolute atomic E-state index is 0.000717. The minimum Gasteiger partial charge on any atom is -0.497 e. The third kappa shape index (κ3) is 3.40. The second-order valence-electron chi connectivity index (χ2n) is 6.22. The summed E-state index contributed by atoms with van der Waals surface area (Å²) in [6.45, 7) is 0.313. The van der Waals surface area contributed by atoms with Gasteiger partial charge in [0.25, 0.3) is 5.91 Å². The minimum atomic E-state index is -0.642. The average molecular weight is 359 g/mol. The SMILES string of the molecule is COc1ccc2cc(CNC(=O)c3cc4ccccc4oc3=O)ccc2c1. The number of ether oxygens (including phenoxy) is 1. The van der Waals surface area contributed by atoms with E-state index >= 15 is 0 Å².